The van der Waals surface area contributed by atoms with Crippen molar-refractivity contribution in [2.45, 2.75) is 0 Å². The maximum absolute atomic E-state index is 8.20. The molecule has 1 rings (SSSR count). The van der Waals surface area contributed by atoms with Crippen LogP contribution in [0.5, 0.6) is 0 Å². The molecule has 0 aliphatic heterocycles. The summed E-state index contributed by atoms with van der Waals surface area (Å²) in [4.78, 5) is 6.42. The molecule has 0 aromatic carbocycles. The number of rotatable bonds is 5. The van der Waals surface area contributed by atoms with E-state index in [-0.39, 0.29) is 30.6 Å². The number of aromatic nitrogens is 2. The van der Waals surface area contributed by atoms with E-state index < -0.39 is 0 Å². The number of nitrogens with one attached hydrogen (secondary N) is 1. The van der Waals surface area contributed by atoms with Crippen molar-refractivity contribution in [2.75, 3.05) is 33.5 Å². The SMILES string of the molecule is COCCOCCO.I.c1c[nH]cn1. The third-order valence-corrected chi connectivity index (χ3v) is 1.07. The summed E-state index contributed by atoms with van der Waals surface area (Å²) in [6, 6.07) is 0. The second-order valence-corrected chi connectivity index (χ2v) is 2.09. The first kappa shape index (κ1) is 16.3. The molecule has 0 atom stereocenters. The van der Waals surface area contributed by atoms with Crippen LogP contribution in [0, 0.1) is 0 Å². The Morgan fingerprint density at radius 1 is 1.36 bits per heavy atom. The highest BCUT2D eigenvalue weighted by atomic mass is 127. The van der Waals surface area contributed by atoms with E-state index in [9.17, 15) is 0 Å². The van der Waals surface area contributed by atoms with Gasteiger partial charge >= 0.3 is 0 Å². The average Bonchev–Trinajstić information content (AvgIpc) is 2.70. The molecule has 6 heteroatoms. The molecule has 0 unspecified atom stereocenters. The van der Waals surface area contributed by atoms with E-state index >= 15 is 0 Å². The molecule has 0 spiro atoms. The highest BCUT2D eigenvalue weighted by Crippen LogP contribution is 1.72. The van der Waals surface area contributed by atoms with Crippen molar-refractivity contribution in [1.29, 1.82) is 0 Å². The van der Waals surface area contributed by atoms with Crippen molar-refractivity contribution in [3.8, 4) is 0 Å². The van der Waals surface area contributed by atoms with Gasteiger partial charge in [0.05, 0.1) is 32.8 Å². The number of nitrogens with zero attached hydrogens (tertiary/aromatic N) is 1. The predicted molar refractivity (Wildman–Crippen MR) is 63.8 cm³/mol. The van der Waals surface area contributed by atoms with Crippen LogP contribution in [0.25, 0.3) is 0 Å². The summed E-state index contributed by atoms with van der Waals surface area (Å²) in [6.45, 7) is 1.66. The van der Waals surface area contributed by atoms with Crippen LogP contribution in [0.4, 0.5) is 0 Å². The Labute approximate surface area is 101 Å². The number of aliphatic hydroxyl groups is 1. The summed E-state index contributed by atoms with van der Waals surface area (Å²) in [5, 5.41) is 8.20. The fourth-order valence-corrected chi connectivity index (χ4v) is 0.524. The van der Waals surface area contributed by atoms with E-state index in [1.165, 1.54) is 0 Å². The number of aromatic amines is 1. The average molecular weight is 316 g/mol. The monoisotopic (exact) mass is 316 g/mol. The molecule has 1 heterocycles. The molecule has 0 aliphatic rings. The minimum absolute atomic E-state index is 0. The number of aliphatic hydroxyl groups excluding tert-OH is 1. The van der Waals surface area contributed by atoms with Gasteiger partial charge in [-0.15, -0.1) is 24.0 Å². The fourth-order valence-electron chi connectivity index (χ4n) is 0.524. The second kappa shape index (κ2) is 15.3. The topological polar surface area (TPSA) is 67.4 Å². The van der Waals surface area contributed by atoms with Crippen molar-refractivity contribution >= 4 is 24.0 Å². The Bertz CT molecular complexity index is 138. The minimum atomic E-state index is 0. The molecule has 0 aliphatic carbocycles. The number of imidazole rings is 1. The Morgan fingerprint density at radius 3 is 2.50 bits per heavy atom. The second-order valence-electron chi connectivity index (χ2n) is 2.09. The summed E-state index contributed by atoms with van der Waals surface area (Å²) in [5.74, 6) is 0. The van der Waals surface area contributed by atoms with Crippen LogP contribution in [-0.2, 0) is 9.47 Å². The van der Waals surface area contributed by atoms with E-state index in [0.717, 1.165) is 0 Å². The van der Waals surface area contributed by atoms with Crippen LogP contribution in [-0.4, -0.2) is 48.6 Å². The van der Waals surface area contributed by atoms with Gasteiger partial charge in [0, 0.05) is 19.5 Å². The highest BCUT2D eigenvalue weighted by Gasteiger charge is 1.82. The number of methoxy groups -OCH3 is 1. The zero-order valence-electron chi connectivity index (χ0n) is 8.18. The van der Waals surface area contributed by atoms with Crippen LogP contribution in [0.1, 0.15) is 0 Å². The molecule has 1 aromatic heterocycles. The van der Waals surface area contributed by atoms with Gasteiger partial charge in [0.25, 0.3) is 0 Å². The molecule has 2 N–H and O–H groups in total. The van der Waals surface area contributed by atoms with Crippen LogP contribution >= 0.6 is 24.0 Å². The van der Waals surface area contributed by atoms with E-state index in [1.807, 2.05) is 0 Å². The van der Waals surface area contributed by atoms with E-state index in [4.69, 9.17) is 9.84 Å². The molecular formula is C8H17IN2O3. The van der Waals surface area contributed by atoms with Crippen molar-refractivity contribution in [1.82, 2.24) is 9.97 Å². The van der Waals surface area contributed by atoms with Crippen molar-refractivity contribution in [2.24, 2.45) is 0 Å². The summed E-state index contributed by atoms with van der Waals surface area (Å²) >= 11 is 0. The van der Waals surface area contributed by atoms with Crippen LogP contribution in [0.2, 0.25) is 0 Å². The van der Waals surface area contributed by atoms with Gasteiger partial charge in [-0.3, -0.25) is 0 Å². The van der Waals surface area contributed by atoms with Gasteiger partial charge in [-0.25, -0.2) is 4.98 Å². The lowest BCUT2D eigenvalue weighted by Crippen LogP contribution is -2.05. The van der Waals surface area contributed by atoms with Gasteiger partial charge in [-0.2, -0.15) is 0 Å². The molecule has 84 valence electrons. The maximum atomic E-state index is 8.20. The first-order chi connectivity index (χ1) is 6.41. The molecule has 0 fully saturated rings. The standard InChI is InChI=1S/C5H12O3.C3H4N2.HI/c1-7-4-5-8-3-2-6;1-2-5-3-4-1;/h6H,2-5H2,1H3;1-3H,(H,4,5);1H. The number of hydrogen-bond acceptors (Lipinski definition) is 4. The lowest BCUT2D eigenvalue weighted by Gasteiger charge is -1.98. The molecule has 0 saturated heterocycles. The molecule has 0 bridgehead atoms. The predicted octanol–water partition coefficient (Wildman–Crippen LogP) is 0.669. The number of halogens is 1. The van der Waals surface area contributed by atoms with Gasteiger partial charge in [0.2, 0.25) is 0 Å². The fraction of sp³-hybridized carbons (Fsp3) is 0.625. The Hall–Kier alpha value is -0.180. The van der Waals surface area contributed by atoms with E-state index in [1.54, 1.807) is 25.8 Å². The van der Waals surface area contributed by atoms with Gasteiger partial charge in [0.1, 0.15) is 0 Å². The number of H-pyrrole nitrogens is 1. The van der Waals surface area contributed by atoms with Gasteiger partial charge in [-0.05, 0) is 0 Å². The molecule has 1 aromatic rings. The molecule has 0 saturated carbocycles. The Kier molecular flexibility index (Phi) is 17.8. The largest absolute Gasteiger partial charge is 0.394 e. The molecular weight excluding hydrogens is 299 g/mol. The molecule has 0 amide bonds. The van der Waals surface area contributed by atoms with Crippen molar-refractivity contribution < 1.29 is 14.6 Å². The van der Waals surface area contributed by atoms with E-state index in [0.29, 0.717) is 19.8 Å². The first-order valence-corrected chi connectivity index (χ1v) is 4.02. The normalized spacial score (nSPS) is 8.43. The Balaban J connectivity index is 0. The maximum Gasteiger partial charge on any atom is 0.0919 e. The van der Waals surface area contributed by atoms with Crippen LogP contribution < -0.4 is 0 Å². The summed E-state index contributed by atoms with van der Waals surface area (Å²) in [7, 11) is 1.61. The van der Waals surface area contributed by atoms with Gasteiger partial charge in [-0.1, -0.05) is 0 Å². The number of ether oxygens (including phenoxy) is 2. The summed E-state index contributed by atoms with van der Waals surface area (Å²) in [6.07, 6.45) is 5.08. The van der Waals surface area contributed by atoms with Gasteiger partial charge < -0.3 is 19.6 Å². The zero-order chi connectivity index (χ0) is 9.78. The van der Waals surface area contributed by atoms with Crippen LogP contribution in [0.15, 0.2) is 18.7 Å². The first-order valence-electron chi connectivity index (χ1n) is 4.02. The zero-order valence-corrected chi connectivity index (χ0v) is 10.5. The Morgan fingerprint density at radius 2 is 2.14 bits per heavy atom. The van der Waals surface area contributed by atoms with E-state index in [2.05, 4.69) is 14.7 Å². The lowest BCUT2D eigenvalue weighted by atomic mass is 10.7. The summed E-state index contributed by atoms with van der Waals surface area (Å²) < 4.78 is 9.53. The summed E-state index contributed by atoms with van der Waals surface area (Å²) in [5.41, 5.74) is 0. The third kappa shape index (κ3) is 14.3. The number of hydrogen-bond donors (Lipinski definition) is 2. The molecule has 14 heavy (non-hydrogen) atoms. The smallest absolute Gasteiger partial charge is 0.0919 e. The van der Waals surface area contributed by atoms with Crippen molar-refractivity contribution in [3.63, 3.8) is 0 Å². The highest BCUT2D eigenvalue weighted by molar-refractivity contribution is 14.0. The minimum Gasteiger partial charge on any atom is -0.394 e. The van der Waals surface area contributed by atoms with Crippen molar-refractivity contribution in [3.05, 3.63) is 18.7 Å². The van der Waals surface area contributed by atoms with Crippen LogP contribution in [0.3, 0.4) is 0 Å². The molecule has 0 radical (unpaired) electrons. The third-order valence-electron chi connectivity index (χ3n) is 1.07. The lowest BCUT2D eigenvalue weighted by molar-refractivity contribution is 0.0500. The van der Waals surface area contributed by atoms with Gasteiger partial charge in [0.15, 0.2) is 0 Å². The quantitative estimate of drug-likeness (QED) is 0.619. The molecule has 5 nitrogen and oxygen atoms in total.